The maximum atomic E-state index is 12.2. The average molecular weight is 221 g/mol. The number of piperidine rings is 1. The maximum absolute atomic E-state index is 12.2. The summed E-state index contributed by atoms with van der Waals surface area (Å²) in [5, 5.41) is 0. The van der Waals surface area contributed by atoms with Gasteiger partial charge in [-0.05, 0) is 56.3 Å². The second-order valence-electron chi connectivity index (χ2n) is 6.08. The molecule has 1 amide bonds. The van der Waals surface area contributed by atoms with E-state index in [2.05, 4.69) is 4.90 Å². The Labute approximate surface area is 98.4 Å². The van der Waals surface area contributed by atoms with Gasteiger partial charge in [0.05, 0.1) is 0 Å². The van der Waals surface area contributed by atoms with Crippen LogP contribution in [0.25, 0.3) is 0 Å². The molecule has 3 atom stereocenters. The van der Waals surface area contributed by atoms with E-state index in [0.717, 1.165) is 37.3 Å². The van der Waals surface area contributed by atoms with E-state index in [9.17, 15) is 4.79 Å². The van der Waals surface area contributed by atoms with Crippen LogP contribution in [-0.2, 0) is 4.79 Å². The zero-order valence-electron chi connectivity index (χ0n) is 10.2. The molecule has 0 spiro atoms. The normalized spacial score (nSPS) is 38.0. The van der Waals surface area contributed by atoms with Crippen LogP contribution in [0.1, 0.15) is 51.4 Å². The van der Waals surface area contributed by atoms with Gasteiger partial charge in [-0.3, -0.25) is 4.79 Å². The van der Waals surface area contributed by atoms with Crippen molar-refractivity contribution in [3.8, 4) is 0 Å². The van der Waals surface area contributed by atoms with E-state index in [4.69, 9.17) is 0 Å². The van der Waals surface area contributed by atoms with E-state index in [1.165, 1.54) is 44.9 Å². The van der Waals surface area contributed by atoms with Gasteiger partial charge in [-0.25, -0.2) is 0 Å². The van der Waals surface area contributed by atoms with Crippen LogP contribution in [0.2, 0.25) is 0 Å². The van der Waals surface area contributed by atoms with Crippen LogP contribution in [0.4, 0.5) is 0 Å². The molecule has 0 unspecified atom stereocenters. The van der Waals surface area contributed by atoms with Crippen molar-refractivity contribution in [1.29, 1.82) is 0 Å². The SMILES string of the molecule is O=C(C[C@H]1C[C@H]2CC[C@@H]1C2)N1CCCCC1. The van der Waals surface area contributed by atoms with Crippen LogP contribution in [0, 0.1) is 17.8 Å². The van der Waals surface area contributed by atoms with E-state index >= 15 is 0 Å². The van der Waals surface area contributed by atoms with Gasteiger partial charge in [-0.2, -0.15) is 0 Å². The molecule has 16 heavy (non-hydrogen) atoms. The first-order chi connectivity index (χ1) is 7.83. The molecule has 1 heterocycles. The zero-order chi connectivity index (χ0) is 11.0. The minimum atomic E-state index is 0.456. The highest BCUT2D eigenvalue weighted by Gasteiger charge is 2.40. The molecule has 1 saturated heterocycles. The fourth-order valence-electron chi connectivity index (χ4n) is 4.12. The molecule has 3 aliphatic rings. The van der Waals surface area contributed by atoms with Crippen molar-refractivity contribution in [3.63, 3.8) is 0 Å². The van der Waals surface area contributed by atoms with Crippen LogP contribution in [0.5, 0.6) is 0 Å². The van der Waals surface area contributed by atoms with E-state index < -0.39 is 0 Å². The predicted molar refractivity (Wildman–Crippen MR) is 64.0 cm³/mol. The first kappa shape index (κ1) is 10.6. The molecule has 2 heteroatoms. The standard InChI is InChI=1S/C14H23NO/c16-14(15-6-2-1-3-7-15)10-13-9-11-4-5-12(13)8-11/h11-13H,1-10H2/t11-,12+,13+/m0/s1. The third-order valence-electron chi connectivity index (χ3n) is 5.03. The molecule has 0 aromatic rings. The molecule has 2 aliphatic carbocycles. The molecule has 0 aromatic carbocycles. The minimum Gasteiger partial charge on any atom is -0.343 e. The summed E-state index contributed by atoms with van der Waals surface area (Å²) in [5.74, 6) is 3.08. The summed E-state index contributed by atoms with van der Waals surface area (Å²) in [6.45, 7) is 2.05. The molecule has 1 aliphatic heterocycles. The Morgan fingerprint density at radius 3 is 2.50 bits per heavy atom. The van der Waals surface area contributed by atoms with Gasteiger partial charge in [0, 0.05) is 19.5 Å². The van der Waals surface area contributed by atoms with Crippen LogP contribution in [0.3, 0.4) is 0 Å². The van der Waals surface area contributed by atoms with E-state index in [-0.39, 0.29) is 0 Å². The van der Waals surface area contributed by atoms with Crippen molar-refractivity contribution in [2.24, 2.45) is 17.8 Å². The fraction of sp³-hybridized carbons (Fsp3) is 0.929. The predicted octanol–water partition coefficient (Wildman–Crippen LogP) is 2.83. The Morgan fingerprint density at radius 1 is 1.06 bits per heavy atom. The largest absolute Gasteiger partial charge is 0.343 e. The number of likely N-dealkylation sites (tertiary alicyclic amines) is 1. The van der Waals surface area contributed by atoms with Gasteiger partial charge in [-0.1, -0.05) is 6.42 Å². The van der Waals surface area contributed by atoms with Crippen LogP contribution in [-0.4, -0.2) is 23.9 Å². The Bertz CT molecular complexity index is 270. The smallest absolute Gasteiger partial charge is 0.222 e. The third-order valence-corrected chi connectivity index (χ3v) is 5.03. The summed E-state index contributed by atoms with van der Waals surface area (Å²) in [7, 11) is 0. The first-order valence-electron chi connectivity index (χ1n) is 7.10. The Hall–Kier alpha value is -0.530. The lowest BCUT2D eigenvalue weighted by molar-refractivity contribution is -0.133. The van der Waals surface area contributed by atoms with Gasteiger partial charge in [0.2, 0.25) is 5.91 Å². The highest BCUT2D eigenvalue weighted by molar-refractivity contribution is 5.76. The number of carbonyl (C=O) groups excluding carboxylic acids is 1. The van der Waals surface area contributed by atoms with E-state index in [0.29, 0.717) is 5.91 Å². The molecule has 90 valence electrons. The summed E-state index contributed by atoms with van der Waals surface area (Å²) < 4.78 is 0. The van der Waals surface area contributed by atoms with Crippen molar-refractivity contribution in [2.75, 3.05) is 13.1 Å². The highest BCUT2D eigenvalue weighted by atomic mass is 16.2. The minimum absolute atomic E-state index is 0.456. The van der Waals surface area contributed by atoms with Gasteiger partial charge >= 0.3 is 0 Å². The lowest BCUT2D eigenvalue weighted by Gasteiger charge is -2.29. The topological polar surface area (TPSA) is 20.3 Å². The summed E-state index contributed by atoms with van der Waals surface area (Å²) in [5.41, 5.74) is 0. The molecular weight excluding hydrogens is 198 g/mol. The molecule has 3 rings (SSSR count). The third kappa shape index (κ3) is 1.99. The monoisotopic (exact) mass is 221 g/mol. The number of nitrogens with zero attached hydrogens (tertiary/aromatic N) is 1. The molecular formula is C14H23NO. The lowest BCUT2D eigenvalue weighted by atomic mass is 9.86. The van der Waals surface area contributed by atoms with Crippen LogP contribution < -0.4 is 0 Å². The second kappa shape index (κ2) is 4.38. The molecule has 2 nitrogen and oxygen atoms in total. The summed E-state index contributed by atoms with van der Waals surface area (Å²) >= 11 is 0. The maximum Gasteiger partial charge on any atom is 0.222 e. The average Bonchev–Trinajstić information content (AvgIpc) is 2.92. The molecule has 3 fully saturated rings. The Morgan fingerprint density at radius 2 is 1.88 bits per heavy atom. The zero-order valence-corrected chi connectivity index (χ0v) is 10.2. The number of carbonyl (C=O) groups is 1. The Balaban J connectivity index is 1.52. The summed E-state index contributed by atoms with van der Waals surface area (Å²) in [4.78, 5) is 14.3. The van der Waals surface area contributed by atoms with E-state index in [1.807, 2.05) is 0 Å². The van der Waals surface area contributed by atoms with Crippen molar-refractivity contribution < 1.29 is 4.79 Å². The van der Waals surface area contributed by atoms with Gasteiger partial charge in [0.25, 0.3) is 0 Å². The second-order valence-corrected chi connectivity index (χ2v) is 6.08. The van der Waals surface area contributed by atoms with Crippen LogP contribution >= 0.6 is 0 Å². The quantitative estimate of drug-likeness (QED) is 0.702. The fourth-order valence-corrected chi connectivity index (χ4v) is 4.12. The summed E-state index contributed by atoms with van der Waals surface area (Å²) in [6, 6.07) is 0. The molecule has 0 N–H and O–H groups in total. The van der Waals surface area contributed by atoms with Crippen molar-refractivity contribution >= 4 is 5.91 Å². The van der Waals surface area contributed by atoms with Gasteiger partial charge in [-0.15, -0.1) is 0 Å². The molecule has 0 aromatic heterocycles. The number of fused-ring (bicyclic) bond motifs is 2. The van der Waals surface area contributed by atoms with Gasteiger partial charge < -0.3 is 4.90 Å². The van der Waals surface area contributed by atoms with E-state index in [1.54, 1.807) is 0 Å². The number of hydrogen-bond donors (Lipinski definition) is 0. The lowest BCUT2D eigenvalue weighted by Crippen LogP contribution is -2.37. The molecule has 2 saturated carbocycles. The highest BCUT2D eigenvalue weighted by Crippen LogP contribution is 2.49. The van der Waals surface area contributed by atoms with Crippen LogP contribution in [0.15, 0.2) is 0 Å². The van der Waals surface area contributed by atoms with Gasteiger partial charge in [0.15, 0.2) is 0 Å². The molecule has 2 bridgehead atoms. The Kier molecular flexibility index (Phi) is 2.91. The number of hydrogen-bond acceptors (Lipinski definition) is 1. The molecule has 0 radical (unpaired) electrons. The number of amides is 1. The number of rotatable bonds is 2. The van der Waals surface area contributed by atoms with Crippen molar-refractivity contribution in [3.05, 3.63) is 0 Å². The summed E-state index contributed by atoms with van der Waals surface area (Å²) in [6.07, 6.45) is 10.3. The van der Waals surface area contributed by atoms with Crippen molar-refractivity contribution in [2.45, 2.75) is 51.4 Å². The van der Waals surface area contributed by atoms with Crippen molar-refractivity contribution in [1.82, 2.24) is 4.90 Å². The first-order valence-corrected chi connectivity index (χ1v) is 7.10. The van der Waals surface area contributed by atoms with Gasteiger partial charge in [0.1, 0.15) is 0 Å².